The normalized spacial score (nSPS) is 30.8. The van der Waals surface area contributed by atoms with Crippen LogP contribution in [0.2, 0.25) is 0 Å². The van der Waals surface area contributed by atoms with Crippen molar-refractivity contribution in [3.63, 3.8) is 0 Å². The summed E-state index contributed by atoms with van der Waals surface area (Å²) in [5.74, 6) is -2.62. The van der Waals surface area contributed by atoms with Gasteiger partial charge in [0.1, 0.15) is 23.9 Å². The predicted octanol–water partition coefficient (Wildman–Crippen LogP) is 2.59. The quantitative estimate of drug-likeness (QED) is 0.491. The molecule has 44 heavy (non-hydrogen) atoms. The second kappa shape index (κ2) is 11.0. The number of halogens is 2. The van der Waals surface area contributed by atoms with E-state index in [-0.39, 0.29) is 43.5 Å². The van der Waals surface area contributed by atoms with Crippen LogP contribution in [0.1, 0.15) is 67.8 Å². The molecule has 1 unspecified atom stereocenters. The molecule has 7 rings (SSSR count). The zero-order chi connectivity index (χ0) is 30.8. The van der Waals surface area contributed by atoms with E-state index in [1.807, 2.05) is 16.7 Å². The van der Waals surface area contributed by atoms with Crippen molar-refractivity contribution in [2.45, 2.75) is 82.5 Å². The fourth-order valence-electron chi connectivity index (χ4n) is 8.10. The Kier molecular flexibility index (Phi) is 7.43. The number of alkyl halides is 2. The van der Waals surface area contributed by atoms with Gasteiger partial charge in [0.05, 0.1) is 18.6 Å². The van der Waals surface area contributed by atoms with Gasteiger partial charge in [0.2, 0.25) is 17.7 Å². The molecule has 3 atom stereocenters. The van der Waals surface area contributed by atoms with E-state index in [4.69, 9.17) is 9.47 Å². The molecule has 0 aromatic heterocycles. The molecule has 1 aromatic rings. The fraction of sp³-hybridized carbons (Fsp3) is 0.688. The van der Waals surface area contributed by atoms with Crippen molar-refractivity contribution in [2.75, 3.05) is 39.4 Å². The van der Waals surface area contributed by atoms with E-state index in [1.165, 1.54) is 4.90 Å². The van der Waals surface area contributed by atoms with Crippen LogP contribution in [0, 0.1) is 17.3 Å². The molecule has 0 spiro atoms. The van der Waals surface area contributed by atoms with Crippen LogP contribution in [0.5, 0.6) is 5.75 Å². The molecule has 0 radical (unpaired) electrons. The van der Waals surface area contributed by atoms with Gasteiger partial charge in [0, 0.05) is 51.1 Å². The lowest BCUT2D eigenvalue weighted by atomic mass is 9.76. The number of imide groups is 1. The summed E-state index contributed by atoms with van der Waals surface area (Å²) in [6.07, 6.45) is 2.27. The Labute approximate surface area is 255 Å². The first kappa shape index (κ1) is 29.6. The van der Waals surface area contributed by atoms with Crippen LogP contribution < -0.4 is 10.1 Å². The number of fused-ring (bicyclic) bond motifs is 1. The van der Waals surface area contributed by atoms with Gasteiger partial charge in [-0.25, -0.2) is 8.78 Å². The van der Waals surface area contributed by atoms with Gasteiger partial charge in [0.15, 0.2) is 0 Å². The lowest BCUT2D eigenvalue weighted by Crippen LogP contribution is -2.66. The van der Waals surface area contributed by atoms with Gasteiger partial charge < -0.3 is 19.3 Å². The largest absolute Gasteiger partial charge is 0.489 e. The SMILES string of the molecule is CC1(C(=O)N2CCC(C3CN([C@H]4[C@H](Oc5ccc6c(c5)CN(C5CCC(=O)NC5=O)C6=O)CCCC4(F)F)C3)CC2)COC1. The molecule has 0 bridgehead atoms. The van der Waals surface area contributed by atoms with Crippen LogP contribution >= 0.6 is 0 Å². The van der Waals surface area contributed by atoms with Crippen molar-refractivity contribution in [3.8, 4) is 5.75 Å². The summed E-state index contributed by atoms with van der Waals surface area (Å²) in [4.78, 5) is 55.2. The van der Waals surface area contributed by atoms with Gasteiger partial charge in [-0.1, -0.05) is 0 Å². The Morgan fingerprint density at radius 1 is 1.05 bits per heavy atom. The van der Waals surface area contributed by atoms with Gasteiger partial charge in [-0.3, -0.25) is 29.4 Å². The van der Waals surface area contributed by atoms with Crippen molar-refractivity contribution < 1.29 is 37.4 Å². The molecule has 5 fully saturated rings. The van der Waals surface area contributed by atoms with Crippen LogP contribution in [0.3, 0.4) is 0 Å². The van der Waals surface area contributed by atoms with E-state index in [0.29, 0.717) is 80.9 Å². The molecule has 4 saturated heterocycles. The number of ether oxygens (including phenoxy) is 2. The first-order chi connectivity index (χ1) is 21.0. The Bertz CT molecular complexity index is 1350. The highest BCUT2D eigenvalue weighted by Crippen LogP contribution is 2.44. The molecule has 12 heteroatoms. The second-order valence-corrected chi connectivity index (χ2v) is 13.9. The van der Waals surface area contributed by atoms with Crippen molar-refractivity contribution in [2.24, 2.45) is 17.3 Å². The molecule has 10 nitrogen and oxygen atoms in total. The summed E-state index contributed by atoms with van der Waals surface area (Å²) in [6, 6.07) is 3.28. The van der Waals surface area contributed by atoms with Gasteiger partial charge in [-0.05, 0) is 74.6 Å². The lowest BCUT2D eigenvalue weighted by Gasteiger charge is -2.53. The number of nitrogens with zero attached hydrogens (tertiary/aromatic N) is 3. The summed E-state index contributed by atoms with van der Waals surface area (Å²) in [5.41, 5.74) is 0.744. The Hall–Kier alpha value is -3.12. The standard InChI is InChI=1S/C32H40F2N4O6/c1-31(17-43-18-31)30(42)36-11-8-19(9-12-36)21-14-37(15-21)27-25(3-2-10-32(27,33)34)44-22-4-5-23-20(13-22)16-38(29(23)41)24-6-7-26(39)35-28(24)40/h4-5,13,19,21,24-25,27H,2-3,6-12,14-18H2,1H3,(H,35,39,40)/t24?,25-,27+/m1/s1. The summed E-state index contributed by atoms with van der Waals surface area (Å²) < 4.78 is 42.5. The molecular formula is C32H40F2N4O6. The van der Waals surface area contributed by atoms with E-state index in [2.05, 4.69) is 5.32 Å². The molecule has 1 aliphatic carbocycles. The molecule has 6 aliphatic rings. The van der Waals surface area contributed by atoms with Crippen molar-refractivity contribution >= 4 is 23.6 Å². The fourth-order valence-corrected chi connectivity index (χ4v) is 8.10. The number of piperidine rings is 2. The maximum absolute atomic E-state index is 15.5. The number of benzene rings is 1. The van der Waals surface area contributed by atoms with Crippen LogP contribution in [0.15, 0.2) is 18.2 Å². The average Bonchev–Trinajstić information content (AvgIpc) is 3.27. The van der Waals surface area contributed by atoms with Crippen molar-refractivity contribution in [1.29, 1.82) is 0 Å². The third-order valence-electron chi connectivity index (χ3n) is 10.7. The summed E-state index contributed by atoms with van der Waals surface area (Å²) >= 11 is 0. The van der Waals surface area contributed by atoms with Gasteiger partial charge in [-0.15, -0.1) is 0 Å². The molecule has 5 heterocycles. The average molecular weight is 615 g/mol. The molecule has 238 valence electrons. The van der Waals surface area contributed by atoms with E-state index < -0.39 is 35.4 Å². The van der Waals surface area contributed by atoms with Crippen molar-refractivity contribution in [1.82, 2.24) is 20.0 Å². The van der Waals surface area contributed by atoms with Gasteiger partial charge >= 0.3 is 0 Å². The lowest BCUT2D eigenvalue weighted by molar-refractivity contribution is -0.176. The Morgan fingerprint density at radius 2 is 1.80 bits per heavy atom. The molecule has 1 N–H and O–H groups in total. The Morgan fingerprint density at radius 3 is 2.48 bits per heavy atom. The zero-order valence-corrected chi connectivity index (χ0v) is 25.1. The number of likely N-dealkylation sites (tertiary alicyclic amines) is 2. The van der Waals surface area contributed by atoms with Gasteiger partial charge in [-0.2, -0.15) is 0 Å². The topological polar surface area (TPSA) is 108 Å². The monoisotopic (exact) mass is 614 g/mol. The third-order valence-corrected chi connectivity index (χ3v) is 10.7. The highest BCUT2D eigenvalue weighted by molar-refractivity contribution is 6.05. The minimum Gasteiger partial charge on any atom is -0.489 e. The van der Waals surface area contributed by atoms with Crippen LogP contribution in [-0.2, 0) is 25.7 Å². The number of amides is 4. The highest BCUT2D eigenvalue weighted by Gasteiger charge is 2.55. The van der Waals surface area contributed by atoms with E-state index in [1.54, 1.807) is 18.2 Å². The second-order valence-electron chi connectivity index (χ2n) is 13.9. The minimum absolute atomic E-state index is 0.165. The van der Waals surface area contributed by atoms with E-state index in [0.717, 1.165) is 12.8 Å². The molecule has 1 aromatic carbocycles. The zero-order valence-electron chi connectivity index (χ0n) is 25.1. The maximum Gasteiger partial charge on any atom is 0.266 e. The Balaban J connectivity index is 0.974. The number of hydrogen-bond acceptors (Lipinski definition) is 7. The number of carbonyl (C=O) groups excluding carboxylic acids is 4. The summed E-state index contributed by atoms with van der Waals surface area (Å²) in [7, 11) is 0. The predicted molar refractivity (Wildman–Crippen MR) is 153 cm³/mol. The number of hydrogen-bond donors (Lipinski definition) is 1. The minimum atomic E-state index is -2.88. The number of nitrogens with one attached hydrogen (secondary N) is 1. The third kappa shape index (κ3) is 5.17. The van der Waals surface area contributed by atoms with Crippen LogP contribution in [0.25, 0.3) is 0 Å². The van der Waals surface area contributed by atoms with E-state index in [9.17, 15) is 19.2 Å². The van der Waals surface area contributed by atoms with Crippen LogP contribution in [0.4, 0.5) is 8.78 Å². The summed E-state index contributed by atoms with van der Waals surface area (Å²) in [5, 5.41) is 2.30. The van der Waals surface area contributed by atoms with Crippen molar-refractivity contribution in [3.05, 3.63) is 29.3 Å². The maximum atomic E-state index is 15.5. The highest BCUT2D eigenvalue weighted by atomic mass is 19.3. The molecule has 1 saturated carbocycles. The number of rotatable bonds is 6. The smallest absolute Gasteiger partial charge is 0.266 e. The van der Waals surface area contributed by atoms with E-state index >= 15 is 8.78 Å². The number of carbonyl (C=O) groups is 4. The first-order valence-electron chi connectivity index (χ1n) is 16.0. The van der Waals surface area contributed by atoms with Crippen LogP contribution in [-0.4, -0.2) is 102 Å². The first-order valence-corrected chi connectivity index (χ1v) is 16.0. The van der Waals surface area contributed by atoms with Gasteiger partial charge in [0.25, 0.3) is 11.8 Å². The molecule has 4 amide bonds. The summed E-state index contributed by atoms with van der Waals surface area (Å²) in [6.45, 7) is 5.74. The molecule has 5 aliphatic heterocycles. The molecular weight excluding hydrogens is 574 g/mol.